The lowest BCUT2D eigenvalue weighted by Gasteiger charge is -2.10. The third-order valence-electron chi connectivity index (χ3n) is 2.38. The van der Waals surface area contributed by atoms with Crippen molar-refractivity contribution < 1.29 is 5.11 Å². The first kappa shape index (κ1) is 10.8. The quantitative estimate of drug-likeness (QED) is 0.837. The second-order valence-corrected chi connectivity index (χ2v) is 3.56. The molecule has 2 heterocycles. The van der Waals surface area contributed by atoms with Gasteiger partial charge in [-0.2, -0.15) is 5.10 Å². The van der Waals surface area contributed by atoms with E-state index in [1.807, 2.05) is 19.9 Å². The maximum atomic E-state index is 10.2. The molecule has 0 aromatic carbocycles. The predicted molar refractivity (Wildman–Crippen MR) is 58.7 cm³/mol. The molecular weight excluding hydrogens is 204 g/mol. The average molecular weight is 218 g/mol. The number of hydrogen-bond acceptors (Lipinski definition) is 4. The van der Waals surface area contributed by atoms with E-state index in [-0.39, 0.29) is 0 Å². The summed E-state index contributed by atoms with van der Waals surface area (Å²) in [6.07, 6.45) is 3.94. The standard InChI is InChI=1S/C11H14N4O/c1-3-15-10(6-8(2)14-15)11(16)9-7-12-4-5-13-9/h4-7,11,16H,3H2,1-2H3. The zero-order valence-corrected chi connectivity index (χ0v) is 9.33. The van der Waals surface area contributed by atoms with Gasteiger partial charge in [-0.25, -0.2) is 0 Å². The molecule has 0 saturated heterocycles. The summed E-state index contributed by atoms with van der Waals surface area (Å²) in [4.78, 5) is 8.03. The van der Waals surface area contributed by atoms with Crippen molar-refractivity contribution in [2.24, 2.45) is 0 Å². The first-order valence-electron chi connectivity index (χ1n) is 5.20. The van der Waals surface area contributed by atoms with Crippen LogP contribution in [0.2, 0.25) is 0 Å². The molecule has 0 aliphatic carbocycles. The van der Waals surface area contributed by atoms with Gasteiger partial charge in [-0.15, -0.1) is 0 Å². The number of rotatable bonds is 3. The molecule has 84 valence electrons. The summed E-state index contributed by atoms with van der Waals surface area (Å²) >= 11 is 0. The molecule has 0 spiro atoms. The summed E-state index contributed by atoms with van der Waals surface area (Å²) in [5.41, 5.74) is 2.18. The van der Waals surface area contributed by atoms with Crippen LogP contribution in [-0.4, -0.2) is 24.9 Å². The summed E-state index contributed by atoms with van der Waals surface area (Å²) in [6, 6.07) is 1.86. The Balaban J connectivity index is 2.37. The smallest absolute Gasteiger partial charge is 0.139 e. The van der Waals surface area contributed by atoms with Crippen molar-refractivity contribution in [2.75, 3.05) is 0 Å². The molecule has 0 bridgehead atoms. The van der Waals surface area contributed by atoms with Crippen LogP contribution in [0.4, 0.5) is 0 Å². The van der Waals surface area contributed by atoms with E-state index >= 15 is 0 Å². The Hall–Kier alpha value is -1.75. The Bertz CT molecular complexity index is 466. The second kappa shape index (κ2) is 4.40. The number of aliphatic hydroxyl groups excluding tert-OH is 1. The first-order valence-corrected chi connectivity index (χ1v) is 5.20. The van der Waals surface area contributed by atoms with E-state index in [0.717, 1.165) is 17.9 Å². The molecule has 1 unspecified atom stereocenters. The van der Waals surface area contributed by atoms with Crippen molar-refractivity contribution in [1.82, 2.24) is 19.7 Å². The van der Waals surface area contributed by atoms with Crippen LogP contribution in [0, 0.1) is 6.92 Å². The minimum absolute atomic E-state index is 0.539. The zero-order chi connectivity index (χ0) is 11.5. The lowest BCUT2D eigenvalue weighted by Crippen LogP contribution is -2.10. The van der Waals surface area contributed by atoms with Crippen LogP contribution in [-0.2, 0) is 6.54 Å². The van der Waals surface area contributed by atoms with E-state index in [4.69, 9.17) is 0 Å². The van der Waals surface area contributed by atoms with Crippen LogP contribution in [0.15, 0.2) is 24.7 Å². The van der Waals surface area contributed by atoms with Gasteiger partial charge in [0.25, 0.3) is 0 Å². The van der Waals surface area contributed by atoms with Crippen LogP contribution >= 0.6 is 0 Å². The molecule has 16 heavy (non-hydrogen) atoms. The summed E-state index contributed by atoms with van der Waals surface area (Å²) in [7, 11) is 0. The number of nitrogens with zero attached hydrogens (tertiary/aromatic N) is 4. The third kappa shape index (κ3) is 1.94. The van der Waals surface area contributed by atoms with E-state index in [1.165, 1.54) is 0 Å². The molecular formula is C11H14N4O. The third-order valence-corrected chi connectivity index (χ3v) is 2.38. The molecule has 1 atom stereocenters. The van der Waals surface area contributed by atoms with E-state index in [2.05, 4.69) is 15.1 Å². The number of aromatic nitrogens is 4. The van der Waals surface area contributed by atoms with E-state index in [0.29, 0.717) is 5.69 Å². The van der Waals surface area contributed by atoms with Crippen molar-refractivity contribution in [1.29, 1.82) is 0 Å². The average Bonchev–Trinajstić information content (AvgIpc) is 2.70. The molecule has 0 fully saturated rings. The lowest BCUT2D eigenvalue weighted by atomic mass is 10.2. The normalized spacial score (nSPS) is 12.7. The van der Waals surface area contributed by atoms with Gasteiger partial charge in [0.1, 0.15) is 6.10 Å². The minimum atomic E-state index is -0.769. The summed E-state index contributed by atoms with van der Waals surface area (Å²) < 4.78 is 1.77. The molecule has 0 radical (unpaired) electrons. The van der Waals surface area contributed by atoms with Gasteiger partial charge in [0, 0.05) is 18.9 Å². The number of aryl methyl sites for hydroxylation is 2. The van der Waals surface area contributed by atoms with Gasteiger partial charge in [-0.05, 0) is 19.9 Å². The highest BCUT2D eigenvalue weighted by Crippen LogP contribution is 2.20. The van der Waals surface area contributed by atoms with Gasteiger partial charge in [-0.3, -0.25) is 14.6 Å². The van der Waals surface area contributed by atoms with Crippen molar-refractivity contribution in [3.05, 3.63) is 41.7 Å². The van der Waals surface area contributed by atoms with Crippen molar-refractivity contribution in [3.63, 3.8) is 0 Å². The van der Waals surface area contributed by atoms with Gasteiger partial charge in [-0.1, -0.05) is 0 Å². The fourth-order valence-electron chi connectivity index (χ4n) is 1.64. The monoisotopic (exact) mass is 218 g/mol. The molecule has 5 nitrogen and oxygen atoms in total. The maximum Gasteiger partial charge on any atom is 0.139 e. The Kier molecular flexibility index (Phi) is 2.96. The van der Waals surface area contributed by atoms with Gasteiger partial charge >= 0.3 is 0 Å². The molecule has 0 aliphatic heterocycles. The molecule has 5 heteroatoms. The molecule has 1 N–H and O–H groups in total. The highest BCUT2D eigenvalue weighted by atomic mass is 16.3. The number of hydrogen-bond donors (Lipinski definition) is 1. The Morgan fingerprint density at radius 3 is 2.88 bits per heavy atom. The summed E-state index contributed by atoms with van der Waals surface area (Å²) in [5, 5.41) is 14.4. The lowest BCUT2D eigenvalue weighted by molar-refractivity contribution is 0.202. The van der Waals surface area contributed by atoms with Gasteiger partial charge in [0.15, 0.2) is 0 Å². The highest BCUT2D eigenvalue weighted by Gasteiger charge is 2.17. The van der Waals surface area contributed by atoms with Crippen LogP contribution < -0.4 is 0 Å². The van der Waals surface area contributed by atoms with Crippen molar-refractivity contribution >= 4 is 0 Å². The Labute approximate surface area is 93.8 Å². The molecule has 0 aliphatic rings. The summed E-state index contributed by atoms with van der Waals surface area (Å²) in [5.74, 6) is 0. The number of aliphatic hydroxyl groups is 1. The van der Waals surface area contributed by atoms with E-state index < -0.39 is 6.10 Å². The second-order valence-electron chi connectivity index (χ2n) is 3.56. The Morgan fingerprint density at radius 2 is 2.25 bits per heavy atom. The maximum absolute atomic E-state index is 10.2. The largest absolute Gasteiger partial charge is 0.380 e. The zero-order valence-electron chi connectivity index (χ0n) is 9.33. The van der Waals surface area contributed by atoms with Crippen LogP contribution in [0.1, 0.15) is 30.1 Å². The van der Waals surface area contributed by atoms with Gasteiger partial charge in [0.05, 0.1) is 23.3 Å². The van der Waals surface area contributed by atoms with E-state index in [9.17, 15) is 5.11 Å². The molecule has 2 rings (SSSR count). The predicted octanol–water partition coefficient (Wildman–Crippen LogP) is 1.08. The fraction of sp³-hybridized carbons (Fsp3) is 0.364. The molecule has 0 saturated carbocycles. The minimum Gasteiger partial charge on any atom is -0.380 e. The van der Waals surface area contributed by atoms with Gasteiger partial charge in [0.2, 0.25) is 0 Å². The molecule has 2 aromatic rings. The Morgan fingerprint density at radius 1 is 1.44 bits per heavy atom. The van der Waals surface area contributed by atoms with Crippen LogP contribution in [0.5, 0.6) is 0 Å². The molecule has 0 amide bonds. The van der Waals surface area contributed by atoms with Crippen molar-refractivity contribution in [2.45, 2.75) is 26.5 Å². The topological polar surface area (TPSA) is 63.8 Å². The highest BCUT2D eigenvalue weighted by molar-refractivity contribution is 5.19. The van der Waals surface area contributed by atoms with E-state index in [1.54, 1.807) is 23.3 Å². The first-order chi connectivity index (χ1) is 7.72. The van der Waals surface area contributed by atoms with Crippen molar-refractivity contribution in [3.8, 4) is 0 Å². The van der Waals surface area contributed by atoms with Gasteiger partial charge < -0.3 is 5.11 Å². The molecule has 2 aromatic heterocycles. The van der Waals surface area contributed by atoms with Crippen LogP contribution in [0.25, 0.3) is 0 Å². The SMILES string of the molecule is CCn1nc(C)cc1C(O)c1cnccn1. The van der Waals surface area contributed by atoms with Crippen LogP contribution in [0.3, 0.4) is 0 Å². The summed E-state index contributed by atoms with van der Waals surface area (Å²) in [6.45, 7) is 4.61. The fourth-order valence-corrected chi connectivity index (χ4v) is 1.64.